The fourth-order valence-corrected chi connectivity index (χ4v) is 5.83. The fraction of sp³-hybridized carbons (Fsp3) is 0.381. The summed E-state index contributed by atoms with van der Waals surface area (Å²) < 4.78 is 0. The quantitative estimate of drug-likeness (QED) is 0.509. The van der Waals surface area contributed by atoms with Crippen LogP contribution < -0.4 is 5.56 Å². The molecule has 0 saturated carbocycles. The van der Waals surface area contributed by atoms with Gasteiger partial charge in [0.05, 0.1) is 11.1 Å². The molecular formula is C21H23N3O2S2. The number of fused-ring (bicyclic) bond motifs is 3. The highest BCUT2D eigenvalue weighted by atomic mass is 32.2. The van der Waals surface area contributed by atoms with Gasteiger partial charge >= 0.3 is 0 Å². The van der Waals surface area contributed by atoms with E-state index < -0.39 is 0 Å². The molecule has 1 N–H and O–H groups in total. The van der Waals surface area contributed by atoms with Crippen LogP contribution in [0.2, 0.25) is 0 Å². The minimum absolute atomic E-state index is 0.0101. The van der Waals surface area contributed by atoms with Gasteiger partial charge in [0.2, 0.25) is 5.91 Å². The summed E-state index contributed by atoms with van der Waals surface area (Å²) in [6, 6.07) is 9.90. The molecule has 146 valence electrons. The lowest BCUT2D eigenvalue weighted by Crippen LogP contribution is -2.28. The van der Waals surface area contributed by atoms with Crippen LogP contribution in [0.5, 0.6) is 0 Å². The van der Waals surface area contributed by atoms with Crippen LogP contribution in [0, 0.1) is 5.92 Å². The lowest BCUT2D eigenvalue weighted by molar-refractivity contribution is -0.127. The fourth-order valence-electron chi connectivity index (χ4n) is 3.58. The SMILES string of the molecule is CC1CCc2c(sc3nc(SCC(=O)N(C)Cc4ccccc4)[nH]c(=O)c23)C1. The average molecular weight is 414 g/mol. The summed E-state index contributed by atoms with van der Waals surface area (Å²) in [7, 11) is 1.80. The van der Waals surface area contributed by atoms with E-state index in [2.05, 4.69) is 16.9 Å². The van der Waals surface area contributed by atoms with Gasteiger partial charge in [-0.25, -0.2) is 4.98 Å². The summed E-state index contributed by atoms with van der Waals surface area (Å²) >= 11 is 2.93. The van der Waals surface area contributed by atoms with Crippen LogP contribution in [0.4, 0.5) is 0 Å². The van der Waals surface area contributed by atoms with E-state index in [0.717, 1.165) is 35.0 Å². The Kier molecular flexibility index (Phi) is 5.55. The molecule has 0 fully saturated rings. The van der Waals surface area contributed by atoms with E-state index in [9.17, 15) is 9.59 Å². The maximum Gasteiger partial charge on any atom is 0.260 e. The van der Waals surface area contributed by atoms with E-state index >= 15 is 0 Å². The number of hydrogen-bond acceptors (Lipinski definition) is 5. The van der Waals surface area contributed by atoms with Gasteiger partial charge in [0.1, 0.15) is 4.83 Å². The molecule has 1 aliphatic carbocycles. The topological polar surface area (TPSA) is 66.1 Å². The Balaban J connectivity index is 1.46. The van der Waals surface area contributed by atoms with Gasteiger partial charge in [-0.1, -0.05) is 49.0 Å². The number of thioether (sulfide) groups is 1. The lowest BCUT2D eigenvalue weighted by Gasteiger charge is -2.17. The first-order valence-electron chi connectivity index (χ1n) is 9.46. The summed E-state index contributed by atoms with van der Waals surface area (Å²) in [5.74, 6) is 0.919. The van der Waals surface area contributed by atoms with Crippen molar-refractivity contribution >= 4 is 39.2 Å². The van der Waals surface area contributed by atoms with Crippen molar-refractivity contribution in [3.63, 3.8) is 0 Å². The van der Waals surface area contributed by atoms with Gasteiger partial charge in [0, 0.05) is 18.5 Å². The number of benzene rings is 1. The van der Waals surface area contributed by atoms with E-state index in [4.69, 9.17) is 0 Å². The van der Waals surface area contributed by atoms with Gasteiger partial charge in [-0.3, -0.25) is 9.59 Å². The van der Waals surface area contributed by atoms with Crippen molar-refractivity contribution in [2.75, 3.05) is 12.8 Å². The largest absolute Gasteiger partial charge is 0.341 e. The predicted molar refractivity (Wildman–Crippen MR) is 115 cm³/mol. The normalized spacial score (nSPS) is 16.1. The monoisotopic (exact) mass is 413 g/mol. The Morgan fingerprint density at radius 1 is 1.36 bits per heavy atom. The Bertz CT molecular complexity index is 1060. The molecule has 7 heteroatoms. The molecular weight excluding hydrogens is 390 g/mol. The molecule has 1 unspecified atom stereocenters. The predicted octanol–water partition coefficient (Wildman–Crippen LogP) is 3.86. The number of H-pyrrole nitrogens is 1. The Morgan fingerprint density at radius 3 is 2.93 bits per heavy atom. The highest BCUT2D eigenvalue weighted by Gasteiger charge is 2.23. The molecule has 0 radical (unpaired) electrons. The summed E-state index contributed by atoms with van der Waals surface area (Å²) in [4.78, 5) is 36.4. The molecule has 1 aromatic carbocycles. The first kappa shape index (κ1) is 19.2. The number of hydrogen-bond donors (Lipinski definition) is 1. The van der Waals surface area contributed by atoms with Crippen LogP contribution in [0.25, 0.3) is 10.2 Å². The minimum Gasteiger partial charge on any atom is -0.341 e. The number of carbonyl (C=O) groups excluding carboxylic acids is 1. The Labute approximate surface area is 172 Å². The molecule has 1 aliphatic rings. The third-order valence-corrected chi connectivity index (χ3v) is 7.17. The van der Waals surface area contributed by atoms with Crippen molar-refractivity contribution in [1.82, 2.24) is 14.9 Å². The van der Waals surface area contributed by atoms with Crippen molar-refractivity contribution in [3.05, 3.63) is 56.7 Å². The van der Waals surface area contributed by atoms with Crippen LogP contribution in [-0.2, 0) is 24.2 Å². The second kappa shape index (κ2) is 8.09. The molecule has 5 nitrogen and oxygen atoms in total. The Morgan fingerprint density at radius 2 is 2.14 bits per heavy atom. The standard InChI is InChI=1S/C21H23N3O2S2/c1-13-8-9-15-16(10-13)28-20-18(15)19(26)22-21(23-20)27-12-17(25)24(2)11-14-6-4-3-5-7-14/h3-7,13H,8-12H2,1-2H3,(H,22,23,26). The number of nitrogens with zero attached hydrogens (tertiary/aromatic N) is 2. The van der Waals surface area contributed by atoms with Crippen molar-refractivity contribution in [2.24, 2.45) is 5.92 Å². The Hall–Kier alpha value is -2.12. The molecule has 0 spiro atoms. The zero-order valence-corrected chi connectivity index (χ0v) is 17.7. The van der Waals surface area contributed by atoms with Crippen LogP contribution in [0.1, 0.15) is 29.3 Å². The van der Waals surface area contributed by atoms with E-state index in [1.54, 1.807) is 23.3 Å². The van der Waals surface area contributed by atoms with Crippen molar-refractivity contribution in [1.29, 1.82) is 0 Å². The van der Waals surface area contributed by atoms with Gasteiger partial charge in [-0.2, -0.15) is 0 Å². The number of thiophene rings is 1. The van der Waals surface area contributed by atoms with Crippen molar-refractivity contribution in [3.8, 4) is 0 Å². The zero-order chi connectivity index (χ0) is 19.7. The van der Waals surface area contributed by atoms with Crippen LogP contribution in [0.15, 0.2) is 40.3 Å². The van der Waals surface area contributed by atoms with Crippen LogP contribution in [0.3, 0.4) is 0 Å². The maximum absolute atomic E-state index is 12.6. The molecule has 0 aliphatic heterocycles. The van der Waals surface area contributed by atoms with Gasteiger partial charge < -0.3 is 9.88 Å². The molecule has 0 bridgehead atoms. The summed E-state index contributed by atoms with van der Waals surface area (Å²) in [6.07, 6.45) is 3.11. The molecule has 28 heavy (non-hydrogen) atoms. The number of nitrogens with one attached hydrogen (secondary N) is 1. The number of aromatic amines is 1. The van der Waals surface area contributed by atoms with Gasteiger partial charge in [-0.15, -0.1) is 11.3 Å². The van der Waals surface area contributed by atoms with Crippen molar-refractivity contribution < 1.29 is 4.79 Å². The third-order valence-electron chi connectivity index (χ3n) is 5.16. The second-order valence-corrected chi connectivity index (χ2v) is 9.47. The maximum atomic E-state index is 12.6. The van der Waals surface area contributed by atoms with Gasteiger partial charge in [0.15, 0.2) is 5.16 Å². The molecule has 1 atom stereocenters. The summed E-state index contributed by atoms with van der Waals surface area (Å²) in [5.41, 5.74) is 2.20. The molecule has 4 rings (SSSR count). The molecule has 2 heterocycles. The molecule has 3 aromatic rings. The number of aromatic nitrogens is 2. The highest BCUT2D eigenvalue weighted by Crippen LogP contribution is 2.36. The van der Waals surface area contributed by atoms with Gasteiger partial charge in [0.25, 0.3) is 5.56 Å². The number of carbonyl (C=O) groups is 1. The summed E-state index contributed by atoms with van der Waals surface area (Å²) in [5, 5.41) is 1.27. The van der Waals surface area contributed by atoms with Crippen molar-refractivity contribution in [2.45, 2.75) is 37.9 Å². The highest BCUT2D eigenvalue weighted by molar-refractivity contribution is 7.99. The number of rotatable bonds is 5. The molecule has 2 aromatic heterocycles. The van der Waals surface area contributed by atoms with E-state index in [1.807, 2.05) is 30.3 Å². The first-order valence-corrected chi connectivity index (χ1v) is 11.3. The zero-order valence-electron chi connectivity index (χ0n) is 16.0. The molecule has 1 amide bonds. The number of amides is 1. The summed E-state index contributed by atoms with van der Waals surface area (Å²) in [6.45, 7) is 2.82. The van der Waals surface area contributed by atoms with Gasteiger partial charge in [-0.05, 0) is 36.3 Å². The van der Waals surface area contributed by atoms with E-state index in [0.29, 0.717) is 17.6 Å². The average Bonchev–Trinajstić information content (AvgIpc) is 3.04. The minimum atomic E-state index is -0.0790. The molecule has 0 saturated heterocycles. The van der Waals surface area contributed by atoms with E-state index in [-0.39, 0.29) is 17.2 Å². The van der Waals surface area contributed by atoms with Crippen LogP contribution >= 0.6 is 23.1 Å². The smallest absolute Gasteiger partial charge is 0.260 e. The first-order chi connectivity index (χ1) is 13.5. The van der Waals surface area contributed by atoms with E-state index in [1.165, 1.54) is 22.2 Å². The van der Waals surface area contributed by atoms with Crippen LogP contribution in [-0.4, -0.2) is 33.6 Å². The second-order valence-electron chi connectivity index (χ2n) is 7.43. The number of aryl methyl sites for hydroxylation is 1. The third kappa shape index (κ3) is 4.00. The lowest BCUT2D eigenvalue weighted by atomic mass is 9.89.